The van der Waals surface area contributed by atoms with Crippen molar-refractivity contribution in [3.63, 3.8) is 0 Å². The molecule has 1 aromatic rings. The molecule has 0 radical (unpaired) electrons. The van der Waals surface area contributed by atoms with Crippen molar-refractivity contribution in [3.05, 3.63) is 29.6 Å². The van der Waals surface area contributed by atoms with Crippen LogP contribution in [0.15, 0.2) is 18.2 Å². The number of hydrogen-bond donors (Lipinski definition) is 1. The summed E-state index contributed by atoms with van der Waals surface area (Å²) in [6.07, 6.45) is 0.773. The Labute approximate surface area is 78.9 Å². The van der Waals surface area contributed by atoms with Gasteiger partial charge in [-0.1, -0.05) is 6.07 Å². The topological polar surface area (TPSA) is 48.1 Å². The van der Waals surface area contributed by atoms with Crippen molar-refractivity contribution in [2.45, 2.75) is 19.4 Å². The lowest BCUT2D eigenvalue weighted by molar-refractivity contribution is 0.179. The van der Waals surface area contributed by atoms with Crippen LogP contribution in [0.3, 0.4) is 0 Å². The molecule has 2 N–H and O–H groups in total. The van der Waals surface area contributed by atoms with Crippen LogP contribution >= 0.6 is 0 Å². The maximum Gasteiger partial charge on any atom is 0.0617 e. The van der Waals surface area contributed by atoms with Gasteiger partial charge in [-0.3, -0.25) is 4.98 Å². The summed E-state index contributed by atoms with van der Waals surface area (Å²) < 4.78 is 4.95. The van der Waals surface area contributed by atoms with Gasteiger partial charge in [-0.15, -0.1) is 0 Å². The molecule has 0 saturated carbocycles. The number of pyridine rings is 1. The van der Waals surface area contributed by atoms with Crippen molar-refractivity contribution < 1.29 is 4.74 Å². The minimum absolute atomic E-state index is 0.0410. The molecular formula is C10H16N2O. The highest BCUT2D eigenvalue weighted by Gasteiger charge is 2.03. The molecular weight excluding hydrogens is 164 g/mol. The van der Waals surface area contributed by atoms with Crippen molar-refractivity contribution in [2.75, 3.05) is 13.7 Å². The van der Waals surface area contributed by atoms with Gasteiger partial charge in [-0.2, -0.15) is 0 Å². The van der Waals surface area contributed by atoms with Crippen molar-refractivity contribution in [1.82, 2.24) is 4.98 Å². The minimum atomic E-state index is 0.0410. The number of methoxy groups -OCH3 is 1. The Kier molecular flexibility index (Phi) is 3.86. The maximum atomic E-state index is 5.80. The fraction of sp³-hybridized carbons (Fsp3) is 0.500. The van der Waals surface area contributed by atoms with Gasteiger partial charge in [0.25, 0.3) is 0 Å². The number of aromatic nitrogens is 1. The Morgan fingerprint density at radius 3 is 2.92 bits per heavy atom. The molecule has 1 unspecified atom stereocenters. The number of hydrogen-bond acceptors (Lipinski definition) is 3. The second kappa shape index (κ2) is 4.94. The predicted octanol–water partition coefficient (Wildman–Crippen LogP) is 0.906. The van der Waals surface area contributed by atoms with Crippen LogP contribution in [0.5, 0.6) is 0 Å². The zero-order chi connectivity index (χ0) is 9.68. The third-order valence-corrected chi connectivity index (χ3v) is 1.80. The third kappa shape index (κ3) is 3.53. The summed E-state index contributed by atoms with van der Waals surface area (Å²) in [5, 5.41) is 0. The SMILES string of the molecule is COCC(N)Cc1cccc(C)n1. The summed E-state index contributed by atoms with van der Waals surface area (Å²) >= 11 is 0. The molecule has 72 valence electrons. The first-order chi connectivity index (χ1) is 6.22. The third-order valence-electron chi connectivity index (χ3n) is 1.80. The number of aryl methyl sites for hydroxylation is 1. The average Bonchev–Trinajstić information content (AvgIpc) is 2.04. The van der Waals surface area contributed by atoms with Gasteiger partial charge < -0.3 is 10.5 Å². The Hall–Kier alpha value is -0.930. The molecule has 0 saturated heterocycles. The smallest absolute Gasteiger partial charge is 0.0617 e. The molecule has 0 fully saturated rings. The molecule has 0 aliphatic heterocycles. The van der Waals surface area contributed by atoms with Crippen molar-refractivity contribution in [1.29, 1.82) is 0 Å². The Morgan fingerprint density at radius 1 is 1.54 bits per heavy atom. The van der Waals surface area contributed by atoms with E-state index in [9.17, 15) is 0 Å². The van der Waals surface area contributed by atoms with Crippen LogP contribution in [0.2, 0.25) is 0 Å². The van der Waals surface area contributed by atoms with E-state index in [2.05, 4.69) is 4.98 Å². The van der Waals surface area contributed by atoms with Crippen LogP contribution in [-0.2, 0) is 11.2 Å². The van der Waals surface area contributed by atoms with Gasteiger partial charge >= 0.3 is 0 Å². The average molecular weight is 180 g/mol. The van der Waals surface area contributed by atoms with Gasteiger partial charge in [-0.25, -0.2) is 0 Å². The lowest BCUT2D eigenvalue weighted by Gasteiger charge is -2.09. The van der Waals surface area contributed by atoms with Crippen LogP contribution in [0.4, 0.5) is 0 Å². The summed E-state index contributed by atoms with van der Waals surface area (Å²) in [5.74, 6) is 0. The van der Waals surface area contributed by atoms with E-state index in [0.29, 0.717) is 6.61 Å². The van der Waals surface area contributed by atoms with E-state index in [0.717, 1.165) is 17.8 Å². The van der Waals surface area contributed by atoms with Crippen LogP contribution < -0.4 is 5.73 Å². The molecule has 1 atom stereocenters. The highest BCUT2D eigenvalue weighted by molar-refractivity contribution is 5.10. The predicted molar refractivity (Wildman–Crippen MR) is 52.5 cm³/mol. The molecule has 0 spiro atoms. The lowest BCUT2D eigenvalue weighted by Crippen LogP contribution is -2.28. The van der Waals surface area contributed by atoms with Crippen molar-refractivity contribution >= 4 is 0 Å². The fourth-order valence-corrected chi connectivity index (χ4v) is 1.25. The molecule has 1 heterocycles. The molecule has 1 aromatic heterocycles. The fourth-order valence-electron chi connectivity index (χ4n) is 1.25. The van der Waals surface area contributed by atoms with Gasteiger partial charge in [0.2, 0.25) is 0 Å². The van der Waals surface area contributed by atoms with Gasteiger partial charge in [0.15, 0.2) is 0 Å². The number of nitrogens with two attached hydrogens (primary N) is 1. The maximum absolute atomic E-state index is 5.80. The summed E-state index contributed by atoms with van der Waals surface area (Å²) in [6, 6.07) is 6.00. The first-order valence-corrected chi connectivity index (χ1v) is 4.39. The van der Waals surface area contributed by atoms with Crippen molar-refractivity contribution in [3.8, 4) is 0 Å². The quantitative estimate of drug-likeness (QED) is 0.749. The van der Waals surface area contributed by atoms with E-state index in [-0.39, 0.29) is 6.04 Å². The number of rotatable bonds is 4. The summed E-state index contributed by atoms with van der Waals surface area (Å²) in [4.78, 5) is 4.36. The summed E-state index contributed by atoms with van der Waals surface area (Å²) in [7, 11) is 1.66. The lowest BCUT2D eigenvalue weighted by atomic mass is 10.1. The normalized spacial score (nSPS) is 12.8. The molecule has 0 aliphatic rings. The van der Waals surface area contributed by atoms with Crippen LogP contribution in [0.25, 0.3) is 0 Å². The molecule has 3 nitrogen and oxygen atoms in total. The molecule has 0 bridgehead atoms. The van der Waals surface area contributed by atoms with E-state index in [1.165, 1.54) is 0 Å². The highest BCUT2D eigenvalue weighted by Crippen LogP contribution is 2.00. The molecule has 3 heteroatoms. The first-order valence-electron chi connectivity index (χ1n) is 4.39. The Morgan fingerprint density at radius 2 is 2.31 bits per heavy atom. The standard InChI is InChI=1S/C10H16N2O/c1-8-4-3-5-10(12-8)6-9(11)7-13-2/h3-5,9H,6-7,11H2,1-2H3. The first kappa shape index (κ1) is 10.2. The molecule has 0 aromatic carbocycles. The second-order valence-electron chi connectivity index (χ2n) is 3.19. The van der Waals surface area contributed by atoms with E-state index in [1.54, 1.807) is 7.11 Å². The van der Waals surface area contributed by atoms with E-state index < -0.39 is 0 Å². The monoisotopic (exact) mass is 180 g/mol. The number of nitrogens with zero attached hydrogens (tertiary/aromatic N) is 1. The summed E-state index contributed by atoms with van der Waals surface area (Å²) in [5.41, 5.74) is 7.86. The van der Waals surface area contributed by atoms with E-state index >= 15 is 0 Å². The highest BCUT2D eigenvalue weighted by atomic mass is 16.5. The second-order valence-corrected chi connectivity index (χ2v) is 3.19. The van der Waals surface area contributed by atoms with Crippen molar-refractivity contribution in [2.24, 2.45) is 5.73 Å². The largest absolute Gasteiger partial charge is 0.383 e. The van der Waals surface area contributed by atoms with Crippen LogP contribution in [-0.4, -0.2) is 24.7 Å². The Balaban J connectivity index is 2.53. The zero-order valence-corrected chi connectivity index (χ0v) is 8.16. The van der Waals surface area contributed by atoms with E-state index in [1.807, 2.05) is 25.1 Å². The molecule has 0 aliphatic carbocycles. The summed E-state index contributed by atoms with van der Waals surface area (Å²) in [6.45, 7) is 2.56. The minimum Gasteiger partial charge on any atom is -0.383 e. The molecule has 1 rings (SSSR count). The van der Waals surface area contributed by atoms with E-state index in [4.69, 9.17) is 10.5 Å². The zero-order valence-electron chi connectivity index (χ0n) is 8.16. The van der Waals surface area contributed by atoms with Crippen LogP contribution in [0, 0.1) is 6.92 Å². The number of ether oxygens (including phenoxy) is 1. The van der Waals surface area contributed by atoms with Crippen LogP contribution in [0.1, 0.15) is 11.4 Å². The molecule has 0 amide bonds. The Bertz CT molecular complexity index is 263. The van der Waals surface area contributed by atoms with Gasteiger partial charge in [-0.05, 0) is 19.1 Å². The molecule has 13 heavy (non-hydrogen) atoms. The van der Waals surface area contributed by atoms with Gasteiger partial charge in [0.1, 0.15) is 0 Å². The van der Waals surface area contributed by atoms with Gasteiger partial charge in [0.05, 0.1) is 6.61 Å². The van der Waals surface area contributed by atoms with Gasteiger partial charge in [0, 0.05) is 31.0 Å².